The summed E-state index contributed by atoms with van der Waals surface area (Å²) in [7, 11) is 0. The first-order chi connectivity index (χ1) is 33.0. The summed E-state index contributed by atoms with van der Waals surface area (Å²) >= 11 is 0. The Labute approximate surface area is 403 Å². The van der Waals surface area contributed by atoms with E-state index in [1.807, 2.05) is 133 Å². The van der Waals surface area contributed by atoms with E-state index in [-0.39, 0.29) is 89.7 Å². The Morgan fingerprint density at radius 1 is 0.304 bits per heavy atom. The van der Waals surface area contributed by atoms with Gasteiger partial charge in [-0.25, -0.2) is 0 Å². The van der Waals surface area contributed by atoms with Gasteiger partial charge in [0.05, 0.1) is 0 Å². The van der Waals surface area contributed by atoms with Gasteiger partial charge in [-0.1, -0.05) is 133 Å². The Morgan fingerprint density at radius 3 is 0.710 bits per heavy atom. The molecule has 3 aromatic carbocycles. The number of hydrogen-bond donors (Lipinski definition) is 6. The van der Waals surface area contributed by atoms with Crippen molar-refractivity contribution in [2.24, 2.45) is 17.8 Å². The molecule has 0 aromatic heterocycles. The van der Waals surface area contributed by atoms with Crippen LogP contribution >= 0.6 is 0 Å². The van der Waals surface area contributed by atoms with Gasteiger partial charge in [-0.2, -0.15) is 0 Å². The molecule has 3 aromatic rings. The maximum atomic E-state index is 16.0. The summed E-state index contributed by atoms with van der Waals surface area (Å²) in [5.74, 6) is -3.17. The fourth-order valence-electron chi connectivity index (χ4n) is 12.4. The van der Waals surface area contributed by atoms with Gasteiger partial charge in [0.2, 0.25) is 0 Å². The summed E-state index contributed by atoms with van der Waals surface area (Å²) in [6, 6.07) is 28.2. The van der Waals surface area contributed by atoms with Crippen molar-refractivity contribution in [3.05, 3.63) is 178 Å². The first-order valence-electron chi connectivity index (χ1n) is 24.3. The molecule has 0 amide bonds. The largest absolute Gasteiger partial charge is 0.374 e. The smallest absolute Gasteiger partial charge is 0.193 e. The summed E-state index contributed by atoms with van der Waals surface area (Å²) < 4.78 is 0. The Bertz CT molecular complexity index is 2600. The standard InChI is InChI=1S/C57H60N6O6/c1-34(2)22-52-40-28-61-56(49(40)67,26-38-18-12-8-13-19-38)44-32-59-54(47(44)65,24-36(5)6)42-30-63-57(51(42)69,27-39-20-14-9-15-21-39)45-33-60-53(48(45)66,23-35(3)4)41-29-62-55(50(41)68,43(31-58-52)46(52)64)25-37-16-10-7-11-17-37/h7-21,28-36,58-63H,22-27H2,1-6H3/t52-,53-,54-,55+,56+,57+/m1/s1. The van der Waals surface area contributed by atoms with Crippen molar-refractivity contribution in [2.75, 3.05) is 0 Å². The molecule has 12 bridgehead atoms. The van der Waals surface area contributed by atoms with Crippen molar-refractivity contribution in [1.82, 2.24) is 31.9 Å². The van der Waals surface area contributed by atoms with E-state index in [0.29, 0.717) is 0 Å². The minimum atomic E-state index is -1.72. The van der Waals surface area contributed by atoms with Crippen molar-refractivity contribution >= 4 is 34.7 Å². The molecule has 1 saturated carbocycles. The maximum absolute atomic E-state index is 16.0. The monoisotopic (exact) mass is 924 g/mol. The predicted molar refractivity (Wildman–Crippen MR) is 263 cm³/mol. The van der Waals surface area contributed by atoms with Crippen LogP contribution in [0.25, 0.3) is 0 Å². The summed E-state index contributed by atoms with van der Waals surface area (Å²) in [6.45, 7) is 11.8. The molecule has 0 saturated heterocycles. The number of carbonyl (C=O) groups excluding carboxylic acids is 6. The van der Waals surface area contributed by atoms with Crippen LogP contribution in [0.1, 0.15) is 77.5 Å². The molecule has 0 spiro atoms. The molecule has 0 unspecified atom stereocenters. The van der Waals surface area contributed by atoms with Gasteiger partial charge >= 0.3 is 0 Å². The van der Waals surface area contributed by atoms with Gasteiger partial charge in [-0.05, 0) is 53.7 Å². The van der Waals surface area contributed by atoms with Crippen LogP contribution in [-0.4, -0.2) is 67.9 Å². The zero-order chi connectivity index (χ0) is 48.7. The highest BCUT2D eigenvalue weighted by molar-refractivity contribution is 6.30. The van der Waals surface area contributed by atoms with Gasteiger partial charge in [-0.3, -0.25) is 28.8 Å². The number of carbonyl (C=O) groups is 6. The van der Waals surface area contributed by atoms with Crippen molar-refractivity contribution in [2.45, 2.75) is 113 Å². The second-order valence-electron chi connectivity index (χ2n) is 21.4. The van der Waals surface area contributed by atoms with E-state index in [9.17, 15) is 0 Å². The van der Waals surface area contributed by atoms with E-state index in [2.05, 4.69) is 31.9 Å². The average Bonchev–Trinajstić information content (AvgIpc) is 4.15. The Morgan fingerprint density at radius 2 is 0.493 bits per heavy atom. The first kappa shape index (κ1) is 45.7. The molecule has 354 valence electrons. The quantitative estimate of drug-likeness (QED) is 0.132. The number of hydrogen-bond acceptors (Lipinski definition) is 12. The van der Waals surface area contributed by atoms with Crippen LogP contribution in [0.5, 0.6) is 0 Å². The van der Waals surface area contributed by atoms with Gasteiger partial charge in [0.25, 0.3) is 0 Å². The van der Waals surface area contributed by atoms with E-state index < -0.39 is 67.9 Å². The zero-order valence-electron chi connectivity index (χ0n) is 40.0. The lowest BCUT2D eigenvalue weighted by Crippen LogP contribution is -2.61. The van der Waals surface area contributed by atoms with Crippen LogP contribution in [0.4, 0.5) is 0 Å². The molecule has 10 rings (SSSR count). The summed E-state index contributed by atoms with van der Waals surface area (Å²) in [5, 5.41) is 20.5. The second kappa shape index (κ2) is 16.3. The number of rotatable bonds is 12. The number of benzene rings is 3. The SMILES string of the molecule is CC(C)C[C@]12NC=C(C1=O)[C@]1(Cc3ccccc3)NC=C(C1=O)[C@@]1(CC(C)C)NC=C(C1=O)[C@]1(Cc3ccccc3)NC=C(C1=O)[C@@]1(CC(C)C)NC=C(C1=O)[C@]1(Cc3ccccc3)NC=C2C1=O. The van der Waals surface area contributed by atoms with Crippen LogP contribution in [-0.2, 0) is 48.0 Å². The zero-order valence-corrected chi connectivity index (χ0v) is 40.0. The molecular weight excluding hydrogens is 865 g/mol. The third-order valence-corrected chi connectivity index (χ3v) is 15.4. The molecule has 1 aliphatic carbocycles. The number of nitrogens with one attached hydrogen (secondary N) is 6. The third kappa shape index (κ3) is 6.61. The van der Waals surface area contributed by atoms with E-state index in [1.54, 1.807) is 37.2 Å². The number of fused-ring (bicyclic) bond motifs is 18. The van der Waals surface area contributed by atoms with Gasteiger partial charge < -0.3 is 31.9 Å². The van der Waals surface area contributed by atoms with E-state index in [4.69, 9.17) is 0 Å². The van der Waals surface area contributed by atoms with Crippen molar-refractivity contribution in [3.63, 3.8) is 0 Å². The molecule has 6 heterocycles. The van der Waals surface area contributed by atoms with Crippen molar-refractivity contribution in [1.29, 1.82) is 0 Å². The lowest BCUT2D eigenvalue weighted by atomic mass is 9.65. The molecule has 69 heavy (non-hydrogen) atoms. The molecule has 0 radical (unpaired) electrons. The minimum Gasteiger partial charge on any atom is -0.374 e. The number of ketones is 6. The highest BCUT2D eigenvalue weighted by Crippen LogP contribution is 2.51. The molecular formula is C57H60N6O6. The van der Waals surface area contributed by atoms with Crippen LogP contribution in [0, 0.1) is 17.8 Å². The second-order valence-corrected chi connectivity index (χ2v) is 21.4. The van der Waals surface area contributed by atoms with Crippen molar-refractivity contribution in [3.8, 4) is 0 Å². The van der Waals surface area contributed by atoms with Crippen molar-refractivity contribution < 1.29 is 28.8 Å². The highest BCUT2D eigenvalue weighted by atomic mass is 16.2. The average molecular weight is 925 g/mol. The molecule has 6 N–H and O–H groups in total. The summed E-state index contributed by atoms with van der Waals surface area (Å²) in [5.41, 5.74) is -7.12. The van der Waals surface area contributed by atoms with Crippen LogP contribution < -0.4 is 31.9 Å². The maximum Gasteiger partial charge on any atom is 0.193 e. The molecule has 7 aliphatic rings. The van der Waals surface area contributed by atoms with Gasteiger partial charge in [-0.15, -0.1) is 0 Å². The van der Waals surface area contributed by atoms with Gasteiger partial charge in [0, 0.05) is 89.9 Å². The Kier molecular flexibility index (Phi) is 10.8. The molecule has 6 atom stereocenters. The van der Waals surface area contributed by atoms with Gasteiger partial charge in [0.1, 0.15) is 33.2 Å². The summed E-state index contributed by atoms with van der Waals surface area (Å²) in [6.07, 6.45) is 10.1. The summed E-state index contributed by atoms with van der Waals surface area (Å²) in [4.78, 5) is 96.1. The topological polar surface area (TPSA) is 175 Å². The van der Waals surface area contributed by atoms with Gasteiger partial charge in [0.15, 0.2) is 34.7 Å². The van der Waals surface area contributed by atoms with Crippen LogP contribution in [0.2, 0.25) is 0 Å². The fraction of sp³-hybridized carbons (Fsp3) is 0.368. The Balaban J connectivity index is 1.22. The highest BCUT2D eigenvalue weighted by Gasteiger charge is 2.68. The molecule has 6 aliphatic heterocycles. The van der Waals surface area contributed by atoms with E-state index >= 15 is 28.8 Å². The first-order valence-corrected chi connectivity index (χ1v) is 24.3. The third-order valence-electron chi connectivity index (χ3n) is 15.4. The van der Waals surface area contributed by atoms with E-state index in [1.165, 1.54) is 0 Å². The predicted octanol–water partition coefficient (Wildman–Crippen LogP) is 5.64. The lowest BCUT2D eigenvalue weighted by Gasteiger charge is -2.38. The molecule has 12 nitrogen and oxygen atoms in total. The molecule has 12 heteroatoms. The molecule has 1 fully saturated rings. The normalized spacial score (nSPS) is 30.9. The van der Waals surface area contributed by atoms with E-state index in [0.717, 1.165) is 16.7 Å². The van der Waals surface area contributed by atoms with Crippen LogP contribution in [0.15, 0.2) is 162 Å². The Hall–Kier alpha value is -7.08. The minimum absolute atomic E-state index is 0.0371. The fourth-order valence-corrected chi connectivity index (χ4v) is 12.4. The number of Topliss-reactive ketones (excluding diaryl/α,β-unsaturated/α-hetero) is 6. The lowest BCUT2D eigenvalue weighted by molar-refractivity contribution is -0.129. The van der Waals surface area contributed by atoms with Crippen LogP contribution in [0.3, 0.4) is 0 Å².